The molecule has 0 atom stereocenters. The first-order valence-corrected chi connectivity index (χ1v) is 16.6. The Labute approximate surface area is 271 Å². The summed E-state index contributed by atoms with van der Waals surface area (Å²) in [6.07, 6.45) is 0. The monoisotopic (exact) mass is 653 g/mol. The Hall–Kier alpha value is -5.33. The molecule has 240 valence electrons. The van der Waals surface area contributed by atoms with Crippen LogP contribution in [0.1, 0.15) is 5.56 Å². The summed E-state index contributed by atoms with van der Waals surface area (Å²) in [5.41, 5.74) is 2.63. The molecule has 0 unspecified atom stereocenters. The topological polar surface area (TPSA) is 112 Å². The number of urea groups is 1. The number of sulfonamides is 1. The number of halogens is 1. The zero-order chi connectivity index (χ0) is 32.4. The number of carbonyl (C=O) groups excluding carboxylic acids is 1. The molecule has 7 rings (SSSR count). The van der Waals surface area contributed by atoms with E-state index in [0.29, 0.717) is 66.0 Å². The zero-order valence-electron chi connectivity index (χ0n) is 25.3. The highest BCUT2D eigenvalue weighted by Crippen LogP contribution is 2.34. The maximum Gasteiger partial charge on any atom is 0.323 e. The van der Waals surface area contributed by atoms with E-state index in [1.165, 1.54) is 12.1 Å². The molecule has 47 heavy (non-hydrogen) atoms. The van der Waals surface area contributed by atoms with Crippen molar-refractivity contribution in [2.75, 3.05) is 53.4 Å². The largest absolute Gasteiger partial charge is 0.454 e. The van der Waals surface area contributed by atoms with E-state index in [0.717, 1.165) is 10.8 Å². The smallest absolute Gasteiger partial charge is 0.323 e. The minimum Gasteiger partial charge on any atom is -0.454 e. The van der Waals surface area contributed by atoms with Crippen LogP contribution in [0.2, 0.25) is 0 Å². The van der Waals surface area contributed by atoms with Crippen LogP contribution >= 0.6 is 0 Å². The van der Waals surface area contributed by atoms with Gasteiger partial charge in [0.15, 0.2) is 11.5 Å². The van der Waals surface area contributed by atoms with Crippen LogP contribution in [-0.4, -0.2) is 47.4 Å². The Morgan fingerprint density at radius 1 is 0.745 bits per heavy atom. The van der Waals surface area contributed by atoms with E-state index in [9.17, 15) is 17.6 Å². The number of benzene rings is 5. The van der Waals surface area contributed by atoms with Crippen LogP contribution in [0.25, 0.3) is 10.8 Å². The summed E-state index contributed by atoms with van der Waals surface area (Å²) in [5, 5.41) is 7.53. The highest BCUT2D eigenvalue weighted by atomic mass is 32.2. The van der Waals surface area contributed by atoms with Crippen molar-refractivity contribution in [3.8, 4) is 11.5 Å². The molecule has 1 fully saturated rings. The molecule has 0 bridgehead atoms. The highest BCUT2D eigenvalue weighted by molar-refractivity contribution is 7.89. The molecular formula is C35H32FN5O5S. The molecule has 2 amide bonds. The molecule has 0 aliphatic carbocycles. The van der Waals surface area contributed by atoms with E-state index in [1.807, 2.05) is 52.3 Å². The van der Waals surface area contributed by atoms with Gasteiger partial charge in [-0.15, -0.1) is 0 Å². The second-order valence-electron chi connectivity index (χ2n) is 11.2. The van der Waals surface area contributed by atoms with Crippen molar-refractivity contribution in [1.82, 2.24) is 4.72 Å². The molecule has 1 saturated heterocycles. The molecule has 5 aromatic rings. The van der Waals surface area contributed by atoms with E-state index in [4.69, 9.17) is 9.47 Å². The van der Waals surface area contributed by atoms with Crippen molar-refractivity contribution in [2.24, 2.45) is 0 Å². The minimum absolute atomic E-state index is 0.0126. The van der Waals surface area contributed by atoms with Crippen LogP contribution in [0.4, 0.5) is 31.9 Å². The lowest BCUT2D eigenvalue weighted by atomic mass is 10.1. The maximum absolute atomic E-state index is 14.5. The molecule has 2 aliphatic heterocycles. The van der Waals surface area contributed by atoms with Crippen LogP contribution in [0.3, 0.4) is 0 Å². The number of amides is 2. The molecule has 0 radical (unpaired) electrons. The number of nitrogens with zero attached hydrogens (tertiary/aromatic N) is 2. The Morgan fingerprint density at radius 2 is 1.47 bits per heavy atom. The first-order chi connectivity index (χ1) is 22.8. The molecule has 12 heteroatoms. The van der Waals surface area contributed by atoms with Gasteiger partial charge in [-0.25, -0.2) is 22.3 Å². The van der Waals surface area contributed by atoms with Gasteiger partial charge in [0, 0.05) is 43.8 Å². The number of ether oxygens (including phenoxy) is 2. The van der Waals surface area contributed by atoms with Crippen LogP contribution in [0.5, 0.6) is 11.5 Å². The summed E-state index contributed by atoms with van der Waals surface area (Å²) in [6, 6.07) is 29.5. The molecule has 3 N–H and O–H groups in total. The quantitative estimate of drug-likeness (QED) is 0.184. The van der Waals surface area contributed by atoms with Crippen molar-refractivity contribution in [2.45, 2.75) is 11.4 Å². The van der Waals surface area contributed by atoms with Crippen molar-refractivity contribution < 1.29 is 27.1 Å². The van der Waals surface area contributed by atoms with Gasteiger partial charge in [-0.1, -0.05) is 54.6 Å². The molecule has 10 nitrogen and oxygen atoms in total. The third kappa shape index (κ3) is 6.51. The van der Waals surface area contributed by atoms with Crippen molar-refractivity contribution >= 4 is 49.6 Å². The number of nitrogens with one attached hydrogen (secondary N) is 3. The summed E-state index contributed by atoms with van der Waals surface area (Å²) in [7, 11) is -4.08. The molecule has 2 heterocycles. The zero-order valence-corrected chi connectivity index (χ0v) is 26.1. The SMILES string of the molecule is O=C(Nc1ccc(N2CCN(c3ccccc3F)CC2)c(S(=O)(=O)NCc2ccc3c(c2)OCO3)c1)Nc1cccc2ccccc12. The van der Waals surface area contributed by atoms with Gasteiger partial charge >= 0.3 is 6.03 Å². The van der Waals surface area contributed by atoms with E-state index in [-0.39, 0.29) is 24.1 Å². The number of fused-ring (bicyclic) bond motifs is 2. The predicted molar refractivity (Wildman–Crippen MR) is 180 cm³/mol. The number of piperazine rings is 1. The fourth-order valence-corrected chi connectivity index (χ4v) is 7.16. The lowest BCUT2D eigenvalue weighted by Gasteiger charge is -2.38. The molecule has 0 saturated carbocycles. The van der Waals surface area contributed by atoms with Gasteiger partial charge < -0.3 is 29.9 Å². The summed E-state index contributed by atoms with van der Waals surface area (Å²) >= 11 is 0. The van der Waals surface area contributed by atoms with Crippen molar-refractivity contribution in [1.29, 1.82) is 0 Å². The minimum atomic E-state index is -4.08. The fourth-order valence-electron chi connectivity index (χ4n) is 5.89. The highest BCUT2D eigenvalue weighted by Gasteiger charge is 2.27. The summed E-state index contributed by atoms with van der Waals surface area (Å²) in [4.78, 5) is 17.0. The molecule has 0 aromatic heterocycles. The summed E-state index contributed by atoms with van der Waals surface area (Å²) in [5.74, 6) is 0.863. The standard InChI is InChI=1S/C35H32FN5O5S/c36-28-9-3-4-11-30(28)40-16-18-41(19-17-40)31-14-13-26(38-35(42)39-29-10-5-7-25-6-1-2-8-27(25)29)21-34(31)47(43,44)37-22-24-12-15-32-33(20-24)46-23-45-32/h1-15,20-21,37H,16-19,22-23H2,(H2,38,39,42). The van der Waals surface area contributed by atoms with Gasteiger partial charge in [0.2, 0.25) is 16.8 Å². The maximum atomic E-state index is 14.5. The van der Waals surface area contributed by atoms with Crippen molar-refractivity contribution in [3.05, 3.63) is 115 Å². The van der Waals surface area contributed by atoms with Gasteiger partial charge in [-0.05, 0) is 59.5 Å². The number of para-hydroxylation sites is 1. The fraction of sp³-hybridized carbons (Fsp3) is 0.171. The molecule has 0 spiro atoms. The number of carbonyl (C=O) groups is 1. The average Bonchev–Trinajstić information content (AvgIpc) is 3.56. The molecule has 5 aromatic carbocycles. The lowest BCUT2D eigenvalue weighted by molar-refractivity contribution is 0.174. The summed E-state index contributed by atoms with van der Waals surface area (Å²) in [6.45, 7) is 2.06. The van der Waals surface area contributed by atoms with Gasteiger partial charge in [0.05, 0.1) is 17.1 Å². The van der Waals surface area contributed by atoms with Gasteiger partial charge in [-0.3, -0.25) is 0 Å². The predicted octanol–water partition coefficient (Wildman–Crippen LogP) is 6.16. The number of anilines is 4. The number of hydrogen-bond donors (Lipinski definition) is 3. The Balaban J connectivity index is 1.14. The Bertz CT molecular complexity index is 2060. The Morgan fingerprint density at radius 3 is 2.30 bits per heavy atom. The van der Waals surface area contributed by atoms with Gasteiger partial charge in [0.1, 0.15) is 10.7 Å². The number of hydrogen-bond acceptors (Lipinski definition) is 7. The molecular weight excluding hydrogens is 621 g/mol. The third-order valence-electron chi connectivity index (χ3n) is 8.26. The van der Waals surface area contributed by atoms with Crippen LogP contribution < -0.4 is 34.6 Å². The van der Waals surface area contributed by atoms with E-state index < -0.39 is 16.1 Å². The normalized spacial score (nSPS) is 14.3. The van der Waals surface area contributed by atoms with Gasteiger partial charge in [-0.2, -0.15) is 0 Å². The first-order valence-electron chi connectivity index (χ1n) is 15.2. The Kier molecular flexibility index (Phi) is 8.27. The number of rotatable bonds is 8. The average molecular weight is 654 g/mol. The van der Waals surface area contributed by atoms with E-state index >= 15 is 0 Å². The molecule has 2 aliphatic rings. The second-order valence-corrected chi connectivity index (χ2v) is 13.0. The van der Waals surface area contributed by atoms with E-state index in [2.05, 4.69) is 15.4 Å². The second kappa shape index (κ2) is 12.8. The summed E-state index contributed by atoms with van der Waals surface area (Å²) < 4.78 is 55.8. The van der Waals surface area contributed by atoms with Crippen LogP contribution in [0, 0.1) is 5.82 Å². The first kappa shape index (κ1) is 30.3. The van der Waals surface area contributed by atoms with Crippen molar-refractivity contribution in [3.63, 3.8) is 0 Å². The van der Waals surface area contributed by atoms with E-state index in [1.54, 1.807) is 48.5 Å². The third-order valence-corrected chi connectivity index (χ3v) is 9.69. The van der Waals surface area contributed by atoms with Crippen LogP contribution in [0.15, 0.2) is 108 Å². The van der Waals surface area contributed by atoms with Crippen LogP contribution in [-0.2, 0) is 16.6 Å². The van der Waals surface area contributed by atoms with Gasteiger partial charge in [0.25, 0.3) is 0 Å². The lowest BCUT2D eigenvalue weighted by Crippen LogP contribution is -2.47.